The first-order valence-corrected chi connectivity index (χ1v) is 8.54. The van der Waals surface area contributed by atoms with Gasteiger partial charge in [-0.05, 0) is 30.3 Å². The van der Waals surface area contributed by atoms with Crippen LogP contribution in [0.2, 0.25) is 10.0 Å². The number of hydrogen-bond donors (Lipinski definition) is 2. The highest BCUT2D eigenvalue weighted by molar-refractivity contribution is 6.36. The maximum absolute atomic E-state index is 12.5. The van der Waals surface area contributed by atoms with Crippen LogP contribution in [0.3, 0.4) is 0 Å². The van der Waals surface area contributed by atoms with Crippen molar-refractivity contribution in [2.75, 3.05) is 5.73 Å². The molecule has 3 N–H and O–H groups in total. The minimum absolute atomic E-state index is 0.00800. The normalized spacial score (nSPS) is 11.0. The number of halogens is 2. The molecule has 0 saturated carbocycles. The number of nitrogens with zero attached hydrogens (tertiary/aromatic N) is 3. The number of aromatic amines is 1. The minimum atomic E-state index is -0.671. The summed E-state index contributed by atoms with van der Waals surface area (Å²) in [7, 11) is 0. The van der Waals surface area contributed by atoms with Crippen molar-refractivity contribution in [3.05, 3.63) is 79.4 Å². The number of nitrogens with one attached hydrogen (secondary N) is 1. The lowest BCUT2D eigenvalue weighted by atomic mass is 10.2. The van der Waals surface area contributed by atoms with Crippen LogP contribution in [0.5, 0.6) is 0 Å². The Morgan fingerprint density at radius 2 is 1.70 bits per heavy atom. The van der Waals surface area contributed by atoms with E-state index in [0.29, 0.717) is 21.3 Å². The van der Waals surface area contributed by atoms with Gasteiger partial charge in [0.25, 0.3) is 5.56 Å². The zero-order chi connectivity index (χ0) is 19.1. The lowest BCUT2D eigenvalue weighted by Gasteiger charge is -2.11. The van der Waals surface area contributed by atoms with Crippen LogP contribution in [-0.4, -0.2) is 19.5 Å². The Morgan fingerprint density at radius 3 is 2.41 bits per heavy atom. The van der Waals surface area contributed by atoms with Crippen LogP contribution in [0.1, 0.15) is 0 Å². The molecule has 0 aliphatic heterocycles. The van der Waals surface area contributed by atoms with Gasteiger partial charge in [0.05, 0.1) is 10.7 Å². The van der Waals surface area contributed by atoms with Crippen molar-refractivity contribution in [2.24, 2.45) is 0 Å². The monoisotopic (exact) mass is 399 g/mol. The second kappa shape index (κ2) is 6.53. The summed E-state index contributed by atoms with van der Waals surface area (Å²) in [6.45, 7) is 0. The molecule has 0 radical (unpaired) electrons. The molecule has 0 amide bonds. The average molecular weight is 400 g/mol. The van der Waals surface area contributed by atoms with E-state index in [0.717, 1.165) is 0 Å². The van der Waals surface area contributed by atoms with Crippen LogP contribution in [0.25, 0.3) is 28.1 Å². The molecule has 0 spiro atoms. The van der Waals surface area contributed by atoms with Crippen molar-refractivity contribution < 1.29 is 0 Å². The van der Waals surface area contributed by atoms with Gasteiger partial charge in [-0.25, -0.2) is 14.3 Å². The summed E-state index contributed by atoms with van der Waals surface area (Å²) >= 11 is 12.1. The highest BCUT2D eigenvalue weighted by Gasteiger charge is 2.17. The van der Waals surface area contributed by atoms with Crippen molar-refractivity contribution in [1.82, 2.24) is 19.5 Å². The molecule has 134 valence electrons. The average Bonchev–Trinajstić information content (AvgIpc) is 2.63. The van der Waals surface area contributed by atoms with Crippen molar-refractivity contribution in [1.29, 1.82) is 0 Å². The van der Waals surface area contributed by atoms with Gasteiger partial charge in [-0.2, -0.15) is 4.98 Å². The Bertz CT molecular complexity index is 1300. The number of anilines is 1. The van der Waals surface area contributed by atoms with E-state index in [1.54, 1.807) is 36.4 Å². The van der Waals surface area contributed by atoms with Gasteiger partial charge in [-0.1, -0.05) is 41.4 Å². The third kappa shape index (κ3) is 2.97. The minimum Gasteiger partial charge on any atom is -0.383 e. The van der Waals surface area contributed by atoms with Crippen LogP contribution in [0, 0.1) is 0 Å². The summed E-state index contributed by atoms with van der Waals surface area (Å²) in [6.07, 6.45) is 0. The molecule has 7 nitrogen and oxygen atoms in total. The molecule has 4 rings (SSSR count). The molecule has 2 aromatic heterocycles. The molecule has 0 bridgehead atoms. The first-order chi connectivity index (χ1) is 13.0. The number of rotatable bonds is 2. The Balaban J connectivity index is 2.04. The fourth-order valence-electron chi connectivity index (χ4n) is 2.74. The number of aromatic nitrogens is 4. The molecular weight excluding hydrogens is 389 g/mol. The quantitative estimate of drug-likeness (QED) is 0.538. The smallest absolute Gasteiger partial charge is 0.354 e. The summed E-state index contributed by atoms with van der Waals surface area (Å²) in [5, 5.41) is 0.763. The molecule has 0 aliphatic carbocycles. The number of H-pyrrole nitrogens is 1. The van der Waals surface area contributed by atoms with E-state index in [1.807, 2.05) is 6.07 Å². The van der Waals surface area contributed by atoms with E-state index in [9.17, 15) is 9.59 Å². The standard InChI is InChI=1S/C18H11Cl2N5O2/c19-9-6-7-11(12(20)8-9)16-22-13-14(17(26)24-16)23-18(27)25(15(13)21)10-4-2-1-3-5-10/h1-8H,21H2,(H,22,24,26). The second-order valence-corrected chi connectivity index (χ2v) is 6.53. The molecule has 2 aromatic carbocycles. The van der Waals surface area contributed by atoms with Gasteiger partial charge < -0.3 is 10.7 Å². The Kier molecular flexibility index (Phi) is 4.18. The maximum atomic E-state index is 12.5. The van der Waals surface area contributed by atoms with Gasteiger partial charge in [0, 0.05) is 10.6 Å². The third-order valence-electron chi connectivity index (χ3n) is 3.98. The van der Waals surface area contributed by atoms with Crippen molar-refractivity contribution in [3.8, 4) is 17.1 Å². The van der Waals surface area contributed by atoms with Gasteiger partial charge in [0.15, 0.2) is 5.52 Å². The summed E-state index contributed by atoms with van der Waals surface area (Å²) in [6, 6.07) is 13.5. The Labute approximate surface area is 162 Å². The molecule has 2 heterocycles. The Morgan fingerprint density at radius 1 is 0.963 bits per heavy atom. The molecule has 9 heteroatoms. The lowest BCUT2D eigenvalue weighted by Crippen LogP contribution is -2.27. The van der Waals surface area contributed by atoms with Gasteiger partial charge >= 0.3 is 5.69 Å². The molecule has 0 saturated heterocycles. The van der Waals surface area contributed by atoms with Gasteiger partial charge in [0.1, 0.15) is 17.2 Å². The fraction of sp³-hybridized carbons (Fsp3) is 0. The number of fused-ring (bicyclic) bond motifs is 1. The summed E-state index contributed by atoms with van der Waals surface area (Å²) in [5.41, 5.74) is 5.87. The van der Waals surface area contributed by atoms with Crippen LogP contribution >= 0.6 is 23.2 Å². The van der Waals surface area contributed by atoms with E-state index in [4.69, 9.17) is 28.9 Å². The first kappa shape index (κ1) is 17.3. The Hall–Kier alpha value is -3.16. The van der Waals surface area contributed by atoms with Crippen molar-refractivity contribution in [2.45, 2.75) is 0 Å². The van der Waals surface area contributed by atoms with Crippen molar-refractivity contribution in [3.63, 3.8) is 0 Å². The molecular formula is C18H11Cl2N5O2. The summed E-state index contributed by atoms with van der Waals surface area (Å²) < 4.78 is 1.20. The van der Waals surface area contributed by atoms with E-state index in [-0.39, 0.29) is 22.7 Å². The van der Waals surface area contributed by atoms with Crippen LogP contribution in [0.4, 0.5) is 5.82 Å². The third-order valence-corrected chi connectivity index (χ3v) is 4.53. The number of hydrogen-bond acceptors (Lipinski definition) is 5. The summed E-state index contributed by atoms with van der Waals surface area (Å²) in [4.78, 5) is 35.7. The van der Waals surface area contributed by atoms with Gasteiger partial charge in [0.2, 0.25) is 0 Å². The highest BCUT2D eigenvalue weighted by Crippen LogP contribution is 2.28. The molecule has 27 heavy (non-hydrogen) atoms. The molecule has 0 unspecified atom stereocenters. The van der Waals surface area contributed by atoms with Crippen LogP contribution in [0.15, 0.2) is 58.1 Å². The first-order valence-electron chi connectivity index (χ1n) is 7.79. The predicted molar refractivity (Wildman–Crippen MR) is 106 cm³/mol. The number of nitrogens with two attached hydrogens (primary N) is 1. The van der Waals surface area contributed by atoms with Gasteiger partial charge in [-0.15, -0.1) is 0 Å². The van der Waals surface area contributed by atoms with Gasteiger partial charge in [-0.3, -0.25) is 4.79 Å². The zero-order valence-electron chi connectivity index (χ0n) is 13.6. The van der Waals surface area contributed by atoms with Crippen LogP contribution in [-0.2, 0) is 0 Å². The largest absolute Gasteiger partial charge is 0.383 e. The van der Waals surface area contributed by atoms with E-state index in [2.05, 4.69) is 15.0 Å². The van der Waals surface area contributed by atoms with E-state index in [1.165, 1.54) is 10.6 Å². The maximum Gasteiger partial charge on any atom is 0.354 e. The SMILES string of the molecule is Nc1c2nc(-c3ccc(Cl)cc3Cl)[nH]c(=O)c2nc(=O)n1-c1ccccc1. The second-order valence-electron chi connectivity index (χ2n) is 5.69. The lowest BCUT2D eigenvalue weighted by molar-refractivity contribution is 0.938. The predicted octanol–water partition coefficient (Wildman–Crippen LogP) is 3.03. The van der Waals surface area contributed by atoms with E-state index < -0.39 is 11.2 Å². The van der Waals surface area contributed by atoms with E-state index >= 15 is 0 Å². The topological polar surface area (TPSA) is 107 Å². The highest BCUT2D eigenvalue weighted by atomic mass is 35.5. The van der Waals surface area contributed by atoms with Crippen LogP contribution < -0.4 is 17.0 Å². The molecule has 0 atom stereocenters. The number of benzene rings is 2. The number of para-hydroxylation sites is 1. The molecule has 0 fully saturated rings. The molecule has 4 aromatic rings. The number of nitrogen functional groups attached to an aromatic ring is 1. The zero-order valence-corrected chi connectivity index (χ0v) is 15.1. The van der Waals surface area contributed by atoms with Crippen molar-refractivity contribution >= 4 is 40.1 Å². The molecule has 0 aliphatic rings. The fourth-order valence-corrected chi connectivity index (χ4v) is 3.24. The summed E-state index contributed by atoms with van der Waals surface area (Å²) in [5.74, 6) is 0.203.